The Balaban J connectivity index is 2.78. The molecule has 0 aliphatic rings. The number of nitrogen functional groups attached to an aromatic ring is 1. The van der Waals surface area contributed by atoms with E-state index < -0.39 is 0 Å². The average Bonchev–Trinajstić information content (AvgIpc) is 2.17. The summed E-state index contributed by atoms with van der Waals surface area (Å²) in [5, 5.41) is 8.65. The number of anilines is 1. The Bertz CT molecular complexity index is 328. The fourth-order valence-corrected chi connectivity index (χ4v) is 1.02. The SMILES string of the molecule is CN(CCO)C(=O)c1cccc(N)n1. The number of aliphatic hydroxyl groups excluding tert-OH is 1. The molecule has 0 aliphatic carbocycles. The Morgan fingerprint density at radius 3 is 2.93 bits per heavy atom. The maximum atomic E-state index is 11.6. The molecule has 1 aromatic heterocycles. The van der Waals surface area contributed by atoms with Gasteiger partial charge in [0, 0.05) is 13.6 Å². The molecule has 0 aromatic carbocycles. The number of amides is 1. The van der Waals surface area contributed by atoms with Crippen LogP contribution in [0.25, 0.3) is 0 Å². The van der Waals surface area contributed by atoms with E-state index in [0.29, 0.717) is 11.5 Å². The summed E-state index contributed by atoms with van der Waals surface area (Å²) >= 11 is 0. The summed E-state index contributed by atoms with van der Waals surface area (Å²) in [6, 6.07) is 4.87. The number of aliphatic hydroxyl groups is 1. The summed E-state index contributed by atoms with van der Waals surface area (Å²) in [7, 11) is 1.60. The number of rotatable bonds is 3. The smallest absolute Gasteiger partial charge is 0.272 e. The van der Waals surface area contributed by atoms with Crippen LogP contribution in [0.1, 0.15) is 10.5 Å². The highest BCUT2D eigenvalue weighted by Gasteiger charge is 2.11. The molecule has 5 nitrogen and oxygen atoms in total. The molecule has 0 saturated heterocycles. The first kappa shape index (κ1) is 10.5. The van der Waals surface area contributed by atoms with E-state index in [1.54, 1.807) is 25.2 Å². The highest BCUT2D eigenvalue weighted by molar-refractivity contribution is 5.92. The minimum Gasteiger partial charge on any atom is -0.395 e. The van der Waals surface area contributed by atoms with E-state index in [1.165, 1.54) is 4.90 Å². The third-order valence-electron chi connectivity index (χ3n) is 1.77. The molecular weight excluding hydrogens is 182 g/mol. The lowest BCUT2D eigenvalue weighted by Gasteiger charge is -2.14. The molecular formula is C9H13N3O2. The third-order valence-corrected chi connectivity index (χ3v) is 1.77. The molecule has 76 valence electrons. The van der Waals surface area contributed by atoms with Crippen LogP contribution in [0.4, 0.5) is 5.82 Å². The second-order valence-electron chi connectivity index (χ2n) is 2.90. The molecule has 14 heavy (non-hydrogen) atoms. The van der Waals surface area contributed by atoms with E-state index in [9.17, 15) is 4.79 Å². The van der Waals surface area contributed by atoms with Gasteiger partial charge in [-0.05, 0) is 12.1 Å². The first-order chi connectivity index (χ1) is 6.65. The number of aromatic nitrogens is 1. The molecule has 0 spiro atoms. The maximum Gasteiger partial charge on any atom is 0.272 e. The Morgan fingerprint density at radius 2 is 2.36 bits per heavy atom. The van der Waals surface area contributed by atoms with Crippen LogP contribution in [0, 0.1) is 0 Å². The standard InChI is InChI=1S/C9H13N3O2/c1-12(5-6-13)9(14)7-3-2-4-8(10)11-7/h2-4,13H,5-6H2,1H3,(H2,10,11). The van der Waals surface area contributed by atoms with Gasteiger partial charge in [0.25, 0.3) is 5.91 Å². The third kappa shape index (κ3) is 2.43. The van der Waals surface area contributed by atoms with Gasteiger partial charge in [-0.15, -0.1) is 0 Å². The van der Waals surface area contributed by atoms with Gasteiger partial charge in [0.1, 0.15) is 11.5 Å². The van der Waals surface area contributed by atoms with Gasteiger partial charge in [-0.1, -0.05) is 6.07 Å². The number of likely N-dealkylation sites (N-methyl/N-ethyl adjacent to an activating group) is 1. The quantitative estimate of drug-likeness (QED) is 0.695. The lowest BCUT2D eigenvalue weighted by molar-refractivity contribution is 0.0761. The highest BCUT2D eigenvalue weighted by Crippen LogP contribution is 2.03. The molecule has 0 radical (unpaired) electrons. The van der Waals surface area contributed by atoms with Gasteiger partial charge < -0.3 is 15.7 Å². The molecule has 0 saturated carbocycles. The van der Waals surface area contributed by atoms with Crippen LogP contribution in [-0.2, 0) is 0 Å². The van der Waals surface area contributed by atoms with Crippen molar-refractivity contribution in [3.63, 3.8) is 0 Å². The molecule has 5 heteroatoms. The molecule has 3 N–H and O–H groups in total. The predicted molar refractivity (Wildman–Crippen MR) is 52.7 cm³/mol. The van der Waals surface area contributed by atoms with Gasteiger partial charge >= 0.3 is 0 Å². The van der Waals surface area contributed by atoms with Crippen molar-refractivity contribution in [3.05, 3.63) is 23.9 Å². The van der Waals surface area contributed by atoms with E-state index in [4.69, 9.17) is 10.8 Å². The zero-order valence-corrected chi connectivity index (χ0v) is 7.97. The van der Waals surface area contributed by atoms with Crippen molar-refractivity contribution in [2.24, 2.45) is 0 Å². The Labute approximate surface area is 82.2 Å². The zero-order valence-electron chi connectivity index (χ0n) is 7.97. The van der Waals surface area contributed by atoms with E-state index in [-0.39, 0.29) is 19.1 Å². The molecule has 0 aliphatic heterocycles. The van der Waals surface area contributed by atoms with Crippen LogP contribution < -0.4 is 5.73 Å². The molecule has 1 aromatic rings. The number of pyridine rings is 1. The fraction of sp³-hybridized carbons (Fsp3) is 0.333. The molecule has 0 fully saturated rings. The summed E-state index contributed by atoms with van der Waals surface area (Å²) in [5.41, 5.74) is 5.73. The number of nitrogens with zero attached hydrogens (tertiary/aromatic N) is 2. The molecule has 0 bridgehead atoms. The highest BCUT2D eigenvalue weighted by atomic mass is 16.3. The van der Waals surface area contributed by atoms with Crippen molar-refractivity contribution < 1.29 is 9.90 Å². The summed E-state index contributed by atoms with van der Waals surface area (Å²) in [6.07, 6.45) is 0. The second kappa shape index (κ2) is 4.57. The molecule has 1 heterocycles. The van der Waals surface area contributed by atoms with Crippen molar-refractivity contribution >= 4 is 11.7 Å². The van der Waals surface area contributed by atoms with Crippen LogP contribution in [0.15, 0.2) is 18.2 Å². The number of nitrogens with two attached hydrogens (primary N) is 1. The van der Waals surface area contributed by atoms with E-state index in [0.717, 1.165) is 0 Å². The van der Waals surface area contributed by atoms with Crippen LogP contribution in [0.3, 0.4) is 0 Å². The Hall–Kier alpha value is -1.62. The minimum absolute atomic E-state index is 0.0649. The van der Waals surface area contributed by atoms with Gasteiger partial charge in [-0.3, -0.25) is 4.79 Å². The lowest BCUT2D eigenvalue weighted by Crippen LogP contribution is -2.30. The minimum atomic E-state index is -0.244. The number of hydrogen-bond donors (Lipinski definition) is 2. The number of carbonyl (C=O) groups excluding carboxylic acids is 1. The van der Waals surface area contributed by atoms with Crippen molar-refractivity contribution in [2.75, 3.05) is 25.9 Å². The first-order valence-corrected chi connectivity index (χ1v) is 4.24. The van der Waals surface area contributed by atoms with Crippen LogP contribution in [0.5, 0.6) is 0 Å². The van der Waals surface area contributed by atoms with Crippen molar-refractivity contribution in [1.29, 1.82) is 0 Å². The number of hydrogen-bond acceptors (Lipinski definition) is 4. The van der Waals surface area contributed by atoms with Crippen molar-refractivity contribution in [3.8, 4) is 0 Å². The van der Waals surface area contributed by atoms with Gasteiger partial charge in [0.2, 0.25) is 0 Å². The first-order valence-electron chi connectivity index (χ1n) is 4.24. The topological polar surface area (TPSA) is 79.5 Å². The maximum absolute atomic E-state index is 11.6. The van der Waals surface area contributed by atoms with Gasteiger partial charge in [-0.25, -0.2) is 4.98 Å². The normalized spacial score (nSPS) is 9.86. The summed E-state index contributed by atoms with van der Waals surface area (Å²) in [6.45, 7) is 0.222. The zero-order chi connectivity index (χ0) is 10.6. The van der Waals surface area contributed by atoms with Crippen LogP contribution in [-0.4, -0.2) is 41.1 Å². The van der Waals surface area contributed by atoms with Gasteiger partial charge in [0.15, 0.2) is 0 Å². The number of carbonyl (C=O) groups is 1. The summed E-state index contributed by atoms with van der Waals surface area (Å²) in [5.74, 6) is 0.0691. The Kier molecular flexibility index (Phi) is 3.41. The largest absolute Gasteiger partial charge is 0.395 e. The van der Waals surface area contributed by atoms with Crippen LogP contribution >= 0.6 is 0 Å². The molecule has 0 unspecified atom stereocenters. The predicted octanol–water partition coefficient (Wildman–Crippen LogP) is -0.272. The van der Waals surface area contributed by atoms with Crippen LogP contribution in [0.2, 0.25) is 0 Å². The van der Waals surface area contributed by atoms with E-state index >= 15 is 0 Å². The average molecular weight is 195 g/mol. The summed E-state index contributed by atoms with van der Waals surface area (Å²) in [4.78, 5) is 16.9. The van der Waals surface area contributed by atoms with Crippen molar-refractivity contribution in [1.82, 2.24) is 9.88 Å². The second-order valence-corrected chi connectivity index (χ2v) is 2.90. The summed E-state index contributed by atoms with van der Waals surface area (Å²) < 4.78 is 0. The fourth-order valence-electron chi connectivity index (χ4n) is 1.02. The van der Waals surface area contributed by atoms with Gasteiger partial charge in [-0.2, -0.15) is 0 Å². The molecule has 1 amide bonds. The molecule has 0 atom stereocenters. The van der Waals surface area contributed by atoms with E-state index in [1.807, 2.05) is 0 Å². The van der Waals surface area contributed by atoms with Gasteiger partial charge in [0.05, 0.1) is 6.61 Å². The molecule has 1 rings (SSSR count). The monoisotopic (exact) mass is 195 g/mol. The van der Waals surface area contributed by atoms with Crippen molar-refractivity contribution in [2.45, 2.75) is 0 Å². The van der Waals surface area contributed by atoms with E-state index in [2.05, 4.69) is 4.98 Å². The lowest BCUT2D eigenvalue weighted by atomic mass is 10.3. The Morgan fingerprint density at radius 1 is 1.64 bits per heavy atom.